The van der Waals surface area contributed by atoms with Crippen LogP contribution < -0.4 is 0 Å². The van der Waals surface area contributed by atoms with E-state index < -0.39 is 17.1 Å². The first kappa shape index (κ1) is 20.1. The topological polar surface area (TPSA) is 40.5 Å². The second-order valence-electron chi connectivity index (χ2n) is 7.66. The maximum absolute atomic E-state index is 12.6. The van der Waals surface area contributed by atoms with Gasteiger partial charge in [0.05, 0.1) is 11.5 Å². The molecule has 2 N–H and O–H groups in total. The minimum atomic E-state index is -1.63. The van der Waals surface area contributed by atoms with Gasteiger partial charge in [-0.3, -0.25) is 0 Å². The highest BCUT2D eigenvalue weighted by molar-refractivity contribution is 5.56. The van der Waals surface area contributed by atoms with E-state index in [1.165, 1.54) is 0 Å². The van der Waals surface area contributed by atoms with Crippen LogP contribution in [-0.4, -0.2) is 16.3 Å². The van der Waals surface area contributed by atoms with Gasteiger partial charge in [-0.2, -0.15) is 0 Å². The quantitative estimate of drug-likeness (QED) is 0.436. The van der Waals surface area contributed by atoms with E-state index in [1.807, 2.05) is 121 Å². The Morgan fingerprint density at radius 3 is 1.03 bits per heavy atom. The molecular weight excluding hydrogens is 368 g/mol. The summed E-state index contributed by atoms with van der Waals surface area (Å²) in [4.78, 5) is 0. The summed E-state index contributed by atoms with van der Waals surface area (Å²) in [6, 6.07) is 39.4. The molecule has 150 valence electrons. The third kappa shape index (κ3) is 3.06. The van der Waals surface area contributed by atoms with Crippen LogP contribution in [-0.2, 0) is 11.0 Å². The number of hydrogen-bond acceptors (Lipinski definition) is 2. The van der Waals surface area contributed by atoms with Crippen LogP contribution in [0.5, 0.6) is 0 Å². The zero-order chi connectivity index (χ0) is 21.0. The predicted octanol–water partition coefficient (Wildman–Crippen LogP) is 5.29. The Hall–Kier alpha value is -3.20. The summed E-state index contributed by atoms with van der Waals surface area (Å²) >= 11 is 0. The Morgan fingerprint density at radius 2 is 0.767 bits per heavy atom. The molecule has 0 aliphatic heterocycles. The van der Waals surface area contributed by atoms with E-state index in [0.29, 0.717) is 5.56 Å². The molecule has 0 spiro atoms. The van der Waals surface area contributed by atoms with Crippen molar-refractivity contribution in [1.29, 1.82) is 0 Å². The largest absolute Gasteiger partial charge is 0.390 e. The molecule has 0 amide bonds. The van der Waals surface area contributed by atoms with Crippen LogP contribution in [0.4, 0.5) is 0 Å². The fourth-order valence-electron chi connectivity index (χ4n) is 4.69. The Balaban J connectivity index is 2.20. The fraction of sp³-hybridized carbons (Fsp3) is 0.143. The van der Waals surface area contributed by atoms with Crippen molar-refractivity contribution >= 4 is 0 Å². The van der Waals surface area contributed by atoms with Crippen LogP contribution in [0, 0.1) is 0 Å². The lowest BCUT2D eigenvalue weighted by Crippen LogP contribution is -2.57. The number of rotatable bonds is 6. The normalized spacial score (nSPS) is 14.6. The van der Waals surface area contributed by atoms with E-state index in [0.717, 1.165) is 16.7 Å². The van der Waals surface area contributed by atoms with E-state index in [9.17, 15) is 10.2 Å². The van der Waals surface area contributed by atoms with Crippen LogP contribution >= 0.6 is 0 Å². The molecule has 4 aromatic rings. The third-order valence-electron chi connectivity index (χ3n) is 6.01. The average Bonchev–Trinajstić information content (AvgIpc) is 2.82. The Morgan fingerprint density at radius 1 is 0.500 bits per heavy atom. The monoisotopic (exact) mass is 394 g/mol. The molecule has 0 saturated heterocycles. The minimum absolute atomic E-state index is 0.663. The van der Waals surface area contributed by atoms with Crippen molar-refractivity contribution in [1.82, 2.24) is 0 Å². The van der Waals surface area contributed by atoms with Crippen LogP contribution in [0.2, 0.25) is 0 Å². The molecule has 2 atom stereocenters. The van der Waals surface area contributed by atoms with Crippen molar-refractivity contribution in [2.75, 3.05) is 0 Å². The van der Waals surface area contributed by atoms with Crippen molar-refractivity contribution in [3.05, 3.63) is 144 Å². The van der Waals surface area contributed by atoms with Crippen molar-refractivity contribution in [3.63, 3.8) is 0 Å². The number of hydrogen-bond donors (Lipinski definition) is 2. The van der Waals surface area contributed by atoms with Gasteiger partial charge in [-0.1, -0.05) is 121 Å². The highest BCUT2D eigenvalue weighted by Gasteiger charge is 2.57. The highest BCUT2D eigenvalue weighted by Crippen LogP contribution is 2.53. The first-order valence-corrected chi connectivity index (χ1v) is 10.2. The molecule has 2 heteroatoms. The lowest BCUT2D eigenvalue weighted by Gasteiger charge is -2.50. The SMILES string of the molecule is CC(O)C(O)(c1ccccc1)C(c1ccccc1)(c1ccccc1)c1ccccc1. The van der Waals surface area contributed by atoms with Crippen LogP contribution in [0.25, 0.3) is 0 Å². The molecule has 0 fully saturated rings. The molecule has 0 aliphatic rings. The Bertz CT molecular complexity index is 964. The molecule has 0 aliphatic carbocycles. The maximum atomic E-state index is 12.6. The standard InChI is InChI=1S/C28H26O2/c1-22(29)28(30,26-20-12-5-13-21-26)27(23-14-6-2-7-15-23,24-16-8-3-9-17-24)25-18-10-4-11-19-25/h2-22,29-30H,1H3. The van der Waals surface area contributed by atoms with Crippen molar-refractivity contribution < 1.29 is 10.2 Å². The molecule has 0 aromatic heterocycles. The molecular formula is C28H26O2. The second-order valence-corrected chi connectivity index (χ2v) is 7.66. The fourth-order valence-corrected chi connectivity index (χ4v) is 4.69. The van der Waals surface area contributed by atoms with Crippen molar-refractivity contribution in [3.8, 4) is 0 Å². The van der Waals surface area contributed by atoms with Gasteiger partial charge in [0.25, 0.3) is 0 Å². The van der Waals surface area contributed by atoms with Crippen LogP contribution in [0.3, 0.4) is 0 Å². The second kappa shape index (κ2) is 8.27. The third-order valence-corrected chi connectivity index (χ3v) is 6.01. The van der Waals surface area contributed by atoms with Gasteiger partial charge in [-0.25, -0.2) is 0 Å². The molecule has 4 aromatic carbocycles. The summed E-state index contributed by atoms with van der Waals surface area (Å²) in [5, 5.41) is 23.8. The Labute approximate surface area is 178 Å². The first-order chi connectivity index (χ1) is 14.6. The summed E-state index contributed by atoms with van der Waals surface area (Å²) in [7, 11) is 0. The summed E-state index contributed by atoms with van der Waals surface area (Å²) < 4.78 is 0. The van der Waals surface area contributed by atoms with Gasteiger partial charge in [0.15, 0.2) is 0 Å². The van der Waals surface area contributed by atoms with Gasteiger partial charge in [0.2, 0.25) is 0 Å². The van der Waals surface area contributed by atoms with Crippen molar-refractivity contribution in [2.45, 2.75) is 24.0 Å². The molecule has 2 unspecified atom stereocenters. The minimum Gasteiger partial charge on any atom is -0.390 e. The van der Waals surface area contributed by atoms with Crippen LogP contribution in [0.1, 0.15) is 29.2 Å². The summed E-state index contributed by atoms with van der Waals surface area (Å²) in [6.07, 6.45) is -1.06. The molecule has 30 heavy (non-hydrogen) atoms. The van der Waals surface area contributed by atoms with Gasteiger partial charge >= 0.3 is 0 Å². The predicted molar refractivity (Wildman–Crippen MR) is 121 cm³/mol. The van der Waals surface area contributed by atoms with E-state index in [4.69, 9.17) is 0 Å². The lowest BCUT2D eigenvalue weighted by atomic mass is 9.55. The number of aliphatic hydroxyl groups excluding tert-OH is 1. The Kier molecular flexibility index (Phi) is 5.54. The molecule has 0 heterocycles. The van der Waals surface area contributed by atoms with E-state index in [2.05, 4.69) is 0 Å². The van der Waals surface area contributed by atoms with Gasteiger partial charge in [-0.05, 0) is 29.2 Å². The van der Waals surface area contributed by atoms with Crippen molar-refractivity contribution in [2.24, 2.45) is 0 Å². The molecule has 4 rings (SSSR count). The molecule has 0 radical (unpaired) electrons. The maximum Gasteiger partial charge on any atom is 0.133 e. The lowest BCUT2D eigenvalue weighted by molar-refractivity contribution is -0.106. The van der Waals surface area contributed by atoms with Crippen LogP contribution in [0.15, 0.2) is 121 Å². The van der Waals surface area contributed by atoms with E-state index in [-0.39, 0.29) is 0 Å². The zero-order valence-electron chi connectivity index (χ0n) is 17.0. The summed E-state index contributed by atoms with van der Waals surface area (Å²) in [5.41, 5.74) is 0.737. The molecule has 2 nitrogen and oxygen atoms in total. The summed E-state index contributed by atoms with van der Waals surface area (Å²) in [5.74, 6) is 0. The van der Waals surface area contributed by atoms with Gasteiger partial charge in [0.1, 0.15) is 5.60 Å². The molecule has 0 bridgehead atoms. The number of benzene rings is 4. The average molecular weight is 395 g/mol. The highest BCUT2D eigenvalue weighted by atomic mass is 16.3. The smallest absolute Gasteiger partial charge is 0.133 e. The first-order valence-electron chi connectivity index (χ1n) is 10.2. The van der Waals surface area contributed by atoms with Gasteiger partial charge in [-0.15, -0.1) is 0 Å². The zero-order valence-corrected chi connectivity index (χ0v) is 17.0. The van der Waals surface area contributed by atoms with E-state index in [1.54, 1.807) is 6.92 Å². The van der Waals surface area contributed by atoms with Gasteiger partial charge < -0.3 is 10.2 Å². The summed E-state index contributed by atoms with van der Waals surface area (Å²) in [6.45, 7) is 1.66. The number of aliphatic hydroxyl groups is 2. The molecule has 0 saturated carbocycles. The van der Waals surface area contributed by atoms with Gasteiger partial charge in [0, 0.05) is 0 Å². The van der Waals surface area contributed by atoms with E-state index >= 15 is 0 Å².